The Balaban J connectivity index is 2.48. The Morgan fingerprint density at radius 1 is 1.17 bits per heavy atom. The largest absolute Gasteiger partial charge is 0.433 e. The van der Waals surface area contributed by atoms with Crippen molar-refractivity contribution in [2.45, 2.75) is 6.18 Å². The third kappa shape index (κ3) is 2.48. The van der Waals surface area contributed by atoms with Crippen molar-refractivity contribution >= 4 is 0 Å². The Bertz CT molecular complexity index is 612. The molecule has 2 aromatic rings. The summed E-state index contributed by atoms with van der Waals surface area (Å²) in [4.78, 5) is 7.30. The van der Waals surface area contributed by atoms with Gasteiger partial charge in [-0.2, -0.15) is 13.2 Å². The highest BCUT2D eigenvalue weighted by Gasteiger charge is 2.32. The summed E-state index contributed by atoms with van der Waals surface area (Å²) in [5, 5.41) is 0. The van der Waals surface area contributed by atoms with Crippen LogP contribution in [0, 0.1) is 12.3 Å². The van der Waals surface area contributed by atoms with E-state index >= 15 is 0 Å². The molecule has 0 bridgehead atoms. The zero-order chi connectivity index (χ0) is 13.2. The maximum Gasteiger partial charge on any atom is 0.433 e. The van der Waals surface area contributed by atoms with Crippen LogP contribution in [0.15, 0.2) is 36.5 Å². The van der Waals surface area contributed by atoms with E-state index in [4.69, 9.17) is 6.42 Å². The second-order valence-electron chi connectivity index (χ2n) is 3.49. The predicted molar refractivity (Wildman–Crippen MR) is 60.4 cm³/mol. The van der Waals surface area contributed by atoms with Gasteiger partial charge in [0.05, 0.1) is 0 Å². The van der Waals surface area contributed by atoms with E-state index in [-0.39, 0.29) is 5.82 Å². The van der Waals surface area contributed by atoms with Crippen molar-refractivity contribution in [3.05, 3.63) is 47.8 Å². The van der Waals surface area contributed by atoms with Crippen LogP contribution in [-0.2, 0) is 6.18 Å². The molecular weight excluding hydrogens is 241 g/mol. The fourth-order valence-corrected chi connectivity index (χ4v) is 1.40. The molecule has 1 aromatic carbocycles. The molecule has 90 valence electrons. The maximum absolute atomic E-state index is 12.5. The van der Waals surface area contributed by atoms with Crippen LogP contribution in [0.25, 0.3) is 11.4 Å². The number of rotatable bonds is 1. The number of alkyl halides is 3. The lowest BCUT2D eigenvalue weighted by Gasteiger charge is -2.07. The summed E-state index contributed by atoms with van der Waals surface area (Å²) in [6.45, 7) is 0. The van der Waals surface area contributed by atoms with E-state index < -0.39 is 11.9 Å². The van der Waals surface area contributed by atoms with E-state index in [0.717, 1.165) is 12.3 Å². The molecule has 0 N–H and O–H groups in total. The minimum Gasteiger partial charge on any atom is -0.237 e. The minimum atomic E-state index is -4.48. The zero-order valence-corrected chi connectivity index (χ0v) is 9.07. The molecule has 0 saturated carbocycles. The number of halogens is 3. The second kappa shape index (κ2) is 4.49. The highest BCUT2D eigenvalue weighted by Crippen LogP contribution is 2.28. The summed E-state index contributed by atoms with van der Waals surface area (Å²) in [6, 6.07) is 7.33. The fraction of sp³-hybridized carbons (Fsp3) is 0.0769. The monoisotopic (exact) mass is 248 g/mol. The number of terminal acetylenes is 1. The summed E-state index contributed by atoms with van der Waals surface area (Å²) in [5.74, 6) is 2.41. The first-order valence-corrected chi connectivity index (χ1v) is 4.98. The third-order valence-corrected chi connectivity index (χ3v) is 2.23. The number of hydrogen-bond donors (Lipinski definition) is 0. The molecule has 0 radical (unpaired) electrons. The number of aromatic nitrogens is 2. The van der Waals surface area contributed by atoms with Crippen LogP contribution in [0.4, 0.5) is 13.2 Å². The van der Waals surface area contributed by atoms with Gasteiger partial charge in [-0.1, -0.05) is 18.1 Å². The van der Waals surface area contributed by atoms with E-state index in [2.05, 4.69) is 15.9 Å². The summed E-state index contributed by atoms with van der Waals surface area (Å²) in [5.41, 5.74) is 0.0451. The quantitative estimate of drug-likeness (QED) is 0.724. The van der Waals surface area contributed by atoms with Crippen LogP contribution in [0.3, 0.4) is 0 Å². The Morgan fingerprint density at radius 3 is 2.61 bits per heavy atom. The van der Waals surface area contributed by atoms with E-state index in [1.54, 1.807) is 24.3 Å². The molecule has 5 heteroatoms. The van der Waals surface area contributed by atoms with Crippen molar-refractivity contribution in [1.29, 1.82) is 0 Å². The van der Waals surface area contributed by atoms with Gasteiger partial charge in [0.2, 0.25) is 0 Å². The number of benzene rings is 1. The van der Waals surface area contributed by atoms with E-state index in [9.17, 15) is 13.2 Å². The van der Waals surface area contributed by atoms with Crippen molar-refractivity contribution in [2.24, 2.45) is 0 Å². The molecule has 1 heterocycles. The smallest absolute Gasteiger partial charge is 0.237 e. The first kappa shape index (κ1) is 12.1. The number of nitrogens with zero attached hydrogens (tertiary/aromatic N) is 2. The Hall–Kier alpha value is -2.35. The molecule has 0 aliphatic rings. The summed E-state index contributed by atoms with van der Waals surface area (Å²) in [6.07, 6.45) is 1.82. The Labute approximate surface area is 102 Å². The molecule has 0 aliphatic carbocycles. The van der Waals surface area contributed by atoms with Crippen molar-refractivity contribution in [1.82, 2.24) is 9.97 Å². The van der Waals surface area contributed by atoms with Crippen LogP contribution < -0.4 is 0 Å². The molecule has 0 aliphatic heterocycles. The third-order valence-electron chi connectivity index (χ3n) is 2.23. The SMILES string of the molecule is C#Cc1cccc(-c2nccc(C(F)(F)F)n2)c1. The summed E-state index contributed by atoms with van der Waals surface area (Å²) >= 11 is 0. The van der Waals surface area contributed by atoms with Crippen LogP contribution in [0.2, 0.25) is 0 Å². The molecular formula is C13H7F3N2. The van der Waals surface area contributed by atoms with E-state index in [1.165, 1.54) is 0 Å². The molecule has 0 unspecified atom stereocenters. The zero-order valence-electron chi connectivity index (χ0n) is 9.07. The van der Waals surface area contributed by atoms with Gasteiger partial charge in [-0.25, -0.2) is 9.97 Å². The van der Waals surface area contributed by atoms with Gasteiger partial charge >= 0.3 is 6.18 Å². The number of hydrogen-bond acceptors (Lipinski definition) is 2. The van der Waals surface area contributed by atoms with Gasteiger partial charge in [0.1, 0.15) is 5.69 Å². The molecule has 0 amide bonds. The molecule has 0 atom stereocenters. The molecule has 18 heavy (non-hydrogen) atoms. The van der Waals surface area contributed by atoms with E-state index in [0.29, 0.717) is 11.1 Å². The predicted octanol–water partition coefficient (Wildman–Crippen LogP) is 3.14. The van der Waals surface area contributed by atoms with Crippen LogP contribution in [0.5, 0.6) is 0 Å². The molecule has 2 rings (SSSR count). The molecule has 1 aromatic heterocycles. The van der Waals surface area contributed by atoms with Gasteiger partial charge in [0, 0.05) is 17.3 Å². The lowest BCUT2D eigenvalue weighted by molar-refractivity contribution is -0.141. The Morgan fingerprint density at radius 2 is 1.94 bits per heavy atom. The van der Waals surface area contributed by atoms with Crippen LogP contribution in [-0.4, -0.2) is 9.97 Å². The van der Waals surface area contributed by atoms with Crippen molar-refractivity contribution in [3.8, 4) is 23.7 Å². The first-order valence-electron chi connectivity index (χ1n) is 4.98. The average Bonchev–Trinajstić information content (AvgIpc) is 2.38. The highest BCUT2D eigenvalue weighted by molar-refractivity contribution is 5.58. The minimum absolute atomic E-state index is 0.00178. The first-order chi connectivity index (χ1) is 8.50. The molecule has 0 fully saturated rings. The highest BCUT2D eigenvalue weighted by atomic mass is 19.4. The maximum atomic E-state index is 12.5. The van der Waals surface area contributed by atoms with Gasteiger partial charge < -0.3 is 0 Å². The standard InChI is InChI=1S/C13H7F3N2/c1-2-9-4-3-5-10(8-9)12-17-7-6-11(18-12)13(14,15)16/h1,3-8H. The van der Waals surface area contributed by atoms with Gasteiger partial charge in [0.25, 0.3) is 0 Å². The van der Waals surface area contributed by atoms with Crippen LogP contribution >= 0.6 is 0 Å². The topological polar surface area (TPSA) is 25.8 Å². The molecule has 0 saturated heterocycles. The molecule has 2 nitrogen and oxygen atoms in total. The van der Waals surface area contributed by atoms with E-state index in [1.807, 2.05) is 0 Å². The second-order valence-corrected chi connectivity index (χ2v) is 3.49. The summed E-state index contributed by atoms with van der Waals surface area (Å²) in [7, 11) is 0. The van der Waals surface area contributed by atoms with Crippen molar-refractivity contribution in [2.75, 3.05) is 0 Å². The molecule has 0 spiro atoms. The average molecular weight is 248 g/mol. The lowest BCUT2D eigenvalue weighted by Crippen LogP contribution is -2.08. The fourth-order valence-electron chi connectivity index (χ4n) is 1.40. The van der Waals surface area contributed by atoms with Gasteiger partial charge in [0.15, 0.2) is 5.82 Å². The lowest BCUT2D eigenvalue weighted by atomic mass is 10.1. The van der Waals surface area contributed by atoms with Crippen LogP contribution in [0.1, 0.15) is 11.3 Å². The van der Waals surface area contributed by atoms with Gasteiger partial charge in [-0.15, -0.1) is 6.42 Å². The summed E-state index contributed by atoms with van der Waals surface area (Å²) < 4.78 is 37.5. The Kier molecular flexibility index (Phi) is 3.02. The van der Waals surface area contributed by atoms with Gasteiger partial charge in [-0.05, 0) is 18.2 Å². The normalized spacial score (nSPS) is 11.0. The van der Waals surface area contributed by atoms with Crippen molar-refractivity contribution < 1.29 is 13.2 Å². The van der Waals surface area contributed by atoms with Crippen molar-refractivity contribution in [3.63, 3.8) is 0 Å². The van der Waals surface area contributed by atoms with Gasteiger partial charge in [-0.3, -0.25) is 0 Å².